The second kappa shape index (κ2) is 12.2. The third-order valence-corrected chi connectivity index (χ3v) is 4.75. The molecule has 1 unspecified atom stereocenters. The van der Waals surface area contributed by atoms with Crippen LogP contribution in [0.2, 0.25) is 0 Å². The van der Waals surface area contributed by atoms with Crippen molar-refractivity contribution in [2.45, 2.75) is 58.6 Å². The number of nitrogens with zero attached hydrogens (tertiary/aromatic N) is 1. The summed E-state index contributed by atoms with van der Waals surface area (Å²) in [6, 6.07) is 4.38. The molecule has 2 rings (SSSR count). The van der Waals surface area contributed by atoms with E-state index in [0.717, 1.165) is 24.8 Å². The van der Waals surface area contributed by atoms with Crippen molar-refractivity contribution in [3.8, 4) is 5.75 Å². The van der Waals surface area contributed by atoms with E-state index in [0.29, 0.717) is 18.2 Å². The molecule has 7 heteroatoms. The van der Waals surface area contributed by atoms with Crippen LogP contribution in [-0.2, 0) is 29.0 Å². The minimum atomic E-state index is -1.26. The van der Waals surface area contributed by atoms with Crippen molar-refractivity contribution in [1.29, 1.82) is 0 Å². The summed E-state index contributed by atoms with van der Waals surface area (Å²) in [5.41, 5.74) is 3.22. The molecule has 0 fully saturated rings. The average molecular weight is 393 g/mol. The van der Waals surface area contributed by atoms with E-state index in [1.54, 1.807) is 6.07 Å². The van der Waals surface area contributed by atoms with Crippen molar-refractivity contribution in [3.05, 3.63) is 41.0 Å². The van der Waals surface area contributed by atoms with Gasteiger partial charge in [-0.05, 0) is 62.4 Å². The summed E-state index contributed by atoms with van der Waals surface area (Å²) in [4.78, 5) is 21.7. The highest BCUT2D eigenvalue weighted by atomic mass is 16.4. The first-order valence-electron chi connectivity index (χ1n) is 9.65. The van der Waals surface area contributed by atoms with Crippen molar-refractivity contribution < 1.29 is 30.0 Å². The van der Waals surface area contributed by atoms with Crippen LogP contribution in [0.15, 0.2) is 24.3 Å². The smallest absolute Gasteiger partial charge is 0.328 e. The van der Waals surface area contributed by atoms with E-state index in [-0.39, 0.29) is 12.4 Å². The molecule has 0 saturated heterocycles. The fraction of sp³-hybridized carbons (Fsp3) is 0.524. The van der Waals surface area contributed by atoms with Gasteiger partial charge in [-0.25, -0.2) is 9.59 Å². The van der Waals surface area contributed by atoms with Gasteiger partial charge in [0.1, 0.15) is 5.75 Å². The van der Waals surface area contributed by atoms with Crippen LogP contribution in [0.4, 0.5) is 0 Å². The molecule has 0 spiro atoms. The topological polar surface area (TPSA) is 118 Å². The summed E-state index contributed by atoms with van der Waals surface area (Å²) in [5.74, 6) is -2.27. The molecule has 0 saturated carbocycles. The van der Waals surface area contributed by atoms with E-state index in [4.69, 9.17) is 10.2 Å². The number of carboxylic acid groups (broad SMARTS) is 2. The maximum absolute atomic E-state index is 9.84. The number of aromatic hydroxyl groups is 1. The number of hydrogen-bond acceptors (Lipinski definition) is 5. The normalized spacial score (nSPS) is 15.8. The molecule has 0 radical (unpaired) electrons. The number of aliphatic carboxylic acids is 2. The van der Waals surface area contributed by atoms with Crippen molar-refractivity contribution in [2.75, 3.05) is 13.1 Å². The van der Waals surface area contributed by atoms with E-state index in [9.17, 15) is 19.8 Å². The number of fused-ring (bicyclic) bond motifs is 1. The summed E-state index contributed by atoms with van der Waals surface area (Å²) >= 11 is 0. The molecule has 1 aliphatic rings. The van der Waals surface area contributed by atoms with Gasteiger partial charge in [-0.1, -0.05) is 19.9 Å². The summed E-state index contributed by atoms with van der Waals surface area (Å²) in [5, 5.41) is 34.9. The van der Waals surface area contributed by atoms with E-state index >= 15 is 0 Å². The number of carbonyl (C=O) groups is 2. The highest BCUT2D eigenvalue weighted by molar-refractivity contribution is 5.89. The van der Waals surface area contributed by atoms with Gasteiger partial charge in [0.2, 0.25) is 0 Å². The van der Waals surface area contributed by atoms with Crippen LogP contribution in [-0.4, -0.2) is 56.4 Å². The average Bonchev–Trinajstić information content (AvgIpc) is 2.66. The first-order valence-corrected chi connectivity index (χ1v) is 9.65. The molecule has 7 nitrogen and oxygen atoms in total. The molecule has 0 aromatic heterocycles. The standard InChI is InChI=1S/C17H27NO2.C4H4O4/c1-3-9-18(10-4-2)14-6-7-15-13(11-14)5-8-17(20)16(15)12-19;5-3(6)1-2-4(7)8/h5,8,14,19-20H,3-4,6-7,9-12H2,1-2H3;1-2H,(H,5,6)(H,7,8). The molecule has 0 bridgehead atoms. The van der Waals surface area contributed by atoms with Gasteiger partial charge in [0, 0.05) is 23.8 Å². The monoisotopic (exact) mass is 393 g/mol. The summed E-state index contributed by atoms with van der Waals surface area (Å²) < 4.78 is 0. The molecule has 156 valence electrons. The quantitative estimate of drug-likeness (QED) is 0.501. The minimum Gasteiger partial charge on any atom is -0.508 e. The number of aliphatic hydroxyl groups is 1. The van der Waals surface area contributed by atoms with Gasteiger partial charge in [0.15, 0.2) is 0 Å². The Hall–Kier alpha value is -2.38. The van der Waals surface area contributed by atoms with Crippen LogP contribution >= 0.6 is 0 Å². The lowest BCUT2D eigenvalue weighted by Crippen LogP contribution is -2.40. The zero-order chi connectivity index (χ0) is 21.1. The zero-order valence-electron chi connectivity index (χ0n) is 16.6. The molecule has 1 aliphatic carbocycles. The van der Waals surface area contributed by atoms with Gasteiger partial charge in [0.05, 0.1) is 6.61 Å². The number of phenols is 1. The van der Waals surface area contributed by atoms with Crippen LogP contribution < -0.4 is 0 Å². The Labute approximate surface area is 165 Å². The Morgan fingerprint density at radius 3 is 2.14 bits per heavy atom. The predicted octanol–water partition coefficient (Wildman–Crippen LogP) is 2.58. The van der Waals surface area contributed by atoms with Gasteiger partial charge in [-0.2, -0.15) is 0 Å². The summed E-state index contributed by atoms with van der Waals surface area (Å²) in [6.07, 6.45) is 6.65. The Kier molecular flexibility index (Phi) is 10.3. The van der Waals surface area contributed by atoms with Crippen LogP contribution in [0.3, 0.4) is 0 Å². The van der Waals surface area contributed by atoms with Crippen LogP contribution in [0.25, 0.3) is 0 Å². The number of aliphatic hydroxyl groups excluding tert-OH is 1. The third-order valence-electron chi connectivity index (χ3n) is 4.75. The summed E-state index contributed by atoms with van der Waals surface area (Å²) in [7, 11) is 0. The lowest BCUT2D eigenvalue weighted by atomic mass is 9.84. The first-order chi connectivity index (χ1) is 13.3. The van der Waals surface area contributed by atoms with E-state index in [1.165, 1.54) is 37.1 Å². The van der Waals surface area contributed by atoms with E-state index in [2.05, 4.69) is 18.7 Å². The second-order valence-corrected chi connectivity index (χ2v) is 6.80. The maximum Gasteiger partial charge on any atom is 0.328 e. The molecule has 0 heterocycles. The Morgan fingerprint density at radius 1 is 1.11 bits per heavy atom. The third kappa shape index (κ3) is 7.32. The molecule has 4 N–H and O–H groups in total. The minimum absolute atomic E-state index is 0.0622. The van der Waals surface area contributed by atoms with Gasteiger partial charge < -0.3 is 25.3 Å². The molecule has 1 aromatic rings. The lowest BCUT2D eigenvalue weighted by molar-refractivity contribution is -0.134. The second-order valence-electron chi connectivity index (χ2n) is 6.80. The van der Waals surface area contributed by atoms with Crippen molar-refractivity contribution in [3.63, 3.8) is 0 Å². The number of carboxylic acids is 2. The number of rotatable bonds is 8. The highest BCUT2D eigenvalue weighted by Crippen LogP contribution is 2.32. The summed E-state index contributed by atoms with van der Waals surface area (Å²) in [6.45, 7) is 6.74. The number of hydrogen-bond donors (Lipinski definition) is 4. The van der Waals surface area contributed by atoms with Crippen molar-refractivity contribution >= 4 is 11.9 Å². The molecule has 1 atom stereocenters. The molecular formula is C21H31NO6. The van der Waals surface area contributed by atoms with Crippen LogP contribution in [0.1, 0.15) is 49.8 Å². The van der Waals surface area contributed by atoms with Crippen LogP contribution in [0, 0.1) is 0 Å². The predicted molar refractivity (Wildman–Crippen MR) is 106 cm³/mol. The largest absolute Gasteiger partial charge is 0.508 e. The van der Waals surface area contributed by atoms with Gasteiger partial charge in [-0.3, -0.25) is 0 Å². The van der Waals surface area contributed by atoms with Gasteiger partial charge in [-0.15, -0.1) is 0 Å². The van der Waals surface area contributed by atoms with Crippen molar-refractivity contribution in [1.82, 2.24) is 4.90 Å². The van der Waals surface area contributed by atoms with E-state index in [1.807, 2.05) is 6.07 Å². The number of benzene rings is 1. The SMILES string of the molecule is CCCN(CCC)C1CCc2c(ccc(O)c2CO)C1.O=C(O)C=CC(=O)O. The molecule has 1 aromatic carbocycles. The fourth-order valence-corrected chi connectivity index (χ4v) is 3.58. The molecule has 0 aliphatic heterocycles. The van der Waals surface area contributed by atoms with Crippen molar-refractivity contribution in [2.24, 2.45) is 0 Å². The fourth-order valence-electron chi connectivity index (χ4n) is 3.58. The molecular weight excluding hydrogens is 362 g/mol. The van der Waals surface area contributed by atoms with Gasteiger partial charge in [0.25, 0.3) is 0 Å². The Balaban J connectivity index is 0.000000416. The lowest BCUT2D eigenvalue weighted by Gasteiger charge is -2.35. The Morgan fingerprint density at radius 2 is 1.68 bits per heavy atom. The van der Waals surface area contributed by atoms with E-state index < -0.39 is 11.9 Å². The Bertz CT molecular complexity index is 664. The van der Waals surface area contributed by atoms with Gasteiger partial charge >= 0.3 is 11.9 Å². The molecule has 28 heavy (non-hydrogen) atoms. The molecule has 0 amide bonds. The zero-order valence-corrected chi connectivity index (χ0v) is 16.6. The highest BCUT2D eigenvalue weighted by Gasteiger charge is 2.25. The van der Waals surface area contributed by atoms with Crippen LogP contribution in [0.5, 0.6) is 5.75 Å². The maximum atomic E-state index is 9.84. The first kappa shape index (κ1) is 23.7.